The van der Waals surface area contributed by atoms with Crippen LogP contribution in [0.3, 0.4) is 0 Å². The molecule has 0 fully saturated rings. The highest BCUT2D eigenvalue weighted by molar-refractivity contribution is 5.86. The van der Waals surface area contributed by atoms with Gasteiger partial charge in [0.05, 0.1) is 0 Å². The zero-order chi connectivity index (χ0) is 14.4. The van der Waals surface area contributed by atoms with Gasteiger partial charge in [0.15, 0.2) is 0 Å². The molecule has 0 aromatic carbocycles. The van der Waals surface area contributed by atoms with E-state index in [1.807, 2.05) is 13.8 Å². The molecule has 5 nitrogen and oxygen atoms in total. The van der Waals surface area contributed by atoms with E-state index in [0.29, 0.717) is 17.2 Å². The normalized spacial score (nSPS) is 13.3. The molecule has 0 unspecified atom stereocenters. The molecule has 0 saturated carbocycles. The lowest BCUT2D eigenvalue weighted by Crippen LogP contribution is -2.34. The van der Waals surface area contributed by atoms with Crippen molar-refractivity contribution in [1.82, 2.24) is 4.90 Å². The Hall–Kier alpha value is -1.88. The van der Waals surface area contributed by atoms with Crippen molar-refractivity contribution < 1.29 is 14.3 Å². The van der Waals surface area contributed by atoms with E-state index in [-0.39, 0.29) is 5.56 Å². The van der Waals surface area contributed by atoms with Crippen molar-refractivity contribution in [3.05, 3.63) is 32.7 Å². The van der Waals surface area contributed by atoms with Crippen LogP contribution in [-0.4, -0.2) is 35.6 Å². The standard InChI is InChI=1S/C14H19NO4/c1-4-10-9-11(13(16)17)14(18)19-12(10)7-8-15(5-2)6-3/h4,7,9H,5-6,8H2,1-3H3,(H,16,17)/b10-4-,12-7+. The largest absolute Gasteiger partial charge is 0.477 e. The van der Waals surface area contributed by atoms with E-state index in [4.69, 9.17) is 9.52 Å². The van der Waals surface area contributed by atoms with Gasteiger partial charge in [-0.2, -0.15) is 0 Å². The Kier molecular flexibility index (Phi) is 5.51. The SMILES string of the molecule is C/C=c1/cc(C(=O)O)c(=O)o/c1=C/CN(CC)CC. The molecule has 5 heteroatoms. The van der Waals surface area contributed by atoms with Gasteiger partial charge in [-0.25, -0.2) is 9.59 Å². The van der Waals surface area contributed by atoms with E-state index in [0.717, 1.165) is 13.1 Å². The van der Waals surface area contributed by atoms with Crippen molar-refractivity contribution >= 4 is 18.1 Å². The van der Waals surface area contributed by atoms with Crippen LogP contribution in [0, 0.1) is 0 Å². The van der Waals surface area contributed by atoms with E-state index >= 15 is 0 Å². The van der Waals surface area contributed by atoms with Crippen molar-refractivity contribution in [2.75, 3.05) is 19.6 Å². The van der Waals surface area contributed by atoms with Crippen LogP contribution < -0.4 is 16.3 Å². The molecule has 0 aliphatic rings. The molecule has 1 N–H and O–H groups in total. The number of aromatic carboxylic acids is 1. The first-order valence-electron chi connectivity index (χ1n) is 6.29. The molecular weight excluding hydrogens is 246 g/mol. The molecule has 0 aliphatic heterocycles. The van der Waals surface area contributed by atoms with Gasteiger partial charge in [-0.3, -0.25) is 0 Å². The lowest BCUT2D eigenvalue weighted by Gasteiger charge is -2.14. The van der Waals surface area contributed by atoms with E-state index in [1.165, 1.54) is 6.07 Å². The Morgan fingerprint density at radius 1 is 1.42 bits per heavy atom. The maximum absolute atomic E-state index is 11.5. The summed E-state index contributed by atoms with van der Waals surface area (Å²) in [7, 11) is 0. The first kappa shape index (κ1) is 15.2. The van der Waals surface area contributed by atoms with Gasteiger partial charge in [-0.05, 0) is 32.2 Å². The zero-order valence-electron chi connectivity index (χ0n) is 11.5. The molecule has 0 amide bonds. The summed E-state index contributed by atoms with van der Waals surface area (Å²) in [6, 6.07) is 1.35. The highest BCUT2D eigenvalue weighted by Crippen LogP contribution is 1.87. The van der Waals surface area contributed by atoms with Gasteiger partial charge in [-0.1, -0.05) is 19.9 Å². The summed E-state index contributed by atoms with van der Waals surface area (Å²) in [6.45, 7) is 8.33. The van der Waals surface area contributed by atoms with Crippen LogP contribution in [-0.2, 0) is 0 Å². The predicted octanol–water partition coefficient (Wildman–Crippen LogP) is 0.261. The van der Waals surface area contributed by atoms with E-state index in [1.54, 1.807) is 19.1 Å². The predicted molar refractivity (Wildman–Crippen MR) is 73.6 cm³/mol. The number of carboxylic acids is 1. The van der Waals surface area contributed by atoms with Gasteiger partial charge < -0.3 is 14.4 Å². The minimum absolute atomic E-state index is 0.340. The highest BCUT2D eigenvalue weighted by atomic mass is 16.4. The van der Waals surface area contributed by atoms with Crippen LogP contribution in [0.1, 0.15) is 31.1 Å². The molecule has 0 radical (unpaired) electrons. The quantitative estimate of drug-likeness (QED) is 0.827. The lowest BCUT2D eigenvalue weighted by molar-refractivity contribution is 0.0691. The van der Waals surface area contributed by atoms with E-state index in [9.17, 15) is 9.59 Å². The molecule has 1 aromatic rings. The Balaban J connectivity index is 3.30. The van der Waals surface area contributed by atoms with Crippen molar-refractivity contribution in [3.8, 4) is 0 Å². The van der Waals surface area contributed by atoms with Gasteiger partial charge in [0.25, 0.3) is 0 Å². The van der Waals surface area contributed by atoms with Crippen LogP contribution >= 0.6 is 0 Å². The van der Waals surface area contributed by atoms with Gasteiger partial charge >= 0.3 is 11.6 Å². The van der Waals surface area contributed by atoms with Crippen LogP contribution in [0.25, 0.3) is 12.2 Å². The summed E-state index contributed by atoms with van der Waals surface area (Å²) < 4.78 is 5.08. The topological polar surface area (TPSA) is 70.7 Å². The van der Waals surface area contributed by atoms with E-state index in [2.05, 4.69) is 4.90 Å². The molecule has 1 aromatic heterocycles. The Morgan fingerprint density at radius 3 is 2.53 bits per heavy atom. The molecule has 1 rings (SSSR count). The molecule has 19 heavy (non-hydrogen) atoms. The maximum atomic E-state index is 11.5. The summed E-state index contributed by atoms with van der Waals surface area (Å²) in [4.78, 5) is 24.6. The average molecular weight is 265 g/mol. The van der Waals surface area contributed by atoms with Gasteiger partial charge in [0.2, 0.25) is 0 Å². The molecule has 0 atom stereocenters. The first-order valence-corrected chi connectivity index (χ1v) is 6.29. The summed E-state index contributed by atoms with van der Waals surface area (Å²) >= 11 is 0. The van der Waals surface area contributed by atoms with Crippen LogP contribution in [0.4, 0.5) is 0 Å². The van der Waals surface area contributed by atoms with Gasteiger partial charge in [0, 0.05) is 11.8 Å². The molecule has 1 heterocycles. The summed E-state index contributed by atoms with van der Waals surface area (Å²) in [6.07, 6.45) is 3.53. The average Bonchev–Trinajstić information content (AvgIpc) is 2.39. The third kappa shape index (κ3) is 3.79. The summed E-state index contributed by atoms with van der Waals surface area (Å²) in [5, 5.41) is 9.49. The van der Waals surface area contributed by atoms with Crippen molar-refractivity contribution in [2.45, 2.75) is 20.8 Å². The van der Waals surface area contributed by atoms with Crippen molar-refractivity contribution in [1.29, 1.82) is 0 Å². The third-order valence-corrected chi connectivity index (χ3v) is 2.98. The van der Waals surface area contributed by atoms with Crippen LogP contribution in [0.2, 0.25) is 0 Å². The van der Waals surface area contributed by atoms with Crippen molar-refractivity contribution in [3.63, 3.8) is 0 Å². The van der Waals surface area contributed by atoms with Crippen LogP contribution in [0.5, 0.6) is 0 Å². The molecule has 0 bridgehead atoms. The summed E-state index contributed by atoms with van der Waals surface area (Å²) in [5.41, 5.74) is -0.735. The molecule has 0 saturated heterocycles. The van der Waals surface area contributed by atoms with Crippen molar-refractivity contribution in [2.24, 2.45) is 0 Å². The van der Waals surface area contributed by atoms with Gasteiger partial charge in [0.1, 0.15) is 11.0 Å². The number of nitrogens with zero attached hydrogens (tertiary/aromatic N) is 1. The second-order valence-corrected chi connectivity index (χ2v) is 4.05. The zero-order valence-corrected chi connectivity index (χ0v) is 11.5. The number of hydrogen-bond acceptors (Lipinski definition) is 4. The second-order valence-electron chi connectivity index (χ2n) is 4.05. The number of carboxylic acid groups (broad SMARTS) is 1. The fourth-order valence-corrected chi connectivity index (χ4v) is 1.73. The fraction of sp³-hybridized carbons (Fsp3) is 0.429. The number of carbonyl (C=O) groups is 1. The monoisotopic (exact) mass is 265 g/mol. The smallest absolute Gasteiger partial charge is 0.351 e. The third-order valence-electron chi connectivity index (χ3n) is 2.98. The highest BCUT2D eigenvalue weighted by Gasteiger charge is 2.10. The maximum Gasteiger partial charge on any atom is 0.351 e. The Morgan fingerprint density at radius 2 is 2.05 bits per heavy atom. The fourth-order valence-electron chi connectivity index (χ4n) is 1.73. The molecule has 104 valence electrons. The Labute approximate surface area is 111 Å². The Bertz CT molecular complexity index is 611. The summed E-state index contributed by atoms with van der Waals surface area (Å²) in [5.74, 6) is -1.27. The van der Waals surface area contributed by atoms with Crippen LogP contribution in [0.15, 0.2) is 15.3 Å². The number of rotatable bonds is 5. The number of hydrogen-bond donors (Lipinski definition) is 1. The molecule has 0 aliphatic carbocycles. The lowest BCUT2D eigenvalue weighted by atomic mass is 10.2. The van der Waals surface area contributed by atoms with E-state index < -0.39 is 11.6 Å². The van der Waals surface area contributed by atoms with Gasteiger partial charge in [-0.15, -0.1) is 0 Å². The molecular formula is C14H19NO4. The minimum Gasteiger partial charge on any atom is -0.477 e. The minimum atomic E-state index is -1.27. The first-order chi connectivity index (χ1) is 9.03. The second kappa shape index (κ2) is 6.89. The molecule has 0 spiro atoms.